The summed E-state index contributed by atoms with van der Waals surface area (Å²) in [5, 5.41) is 0. The maximum atomic E-state index is 5.80. The first-order valence-corrected chi connectivity index (χ1v) is 8.73. The molecule has 24 heavy (non-hydrogen) atoms. The van der Waals surface area contributed by atoms with Crippen molar-refractivity contribution in [1.82, 2.24) is 0 Å². The van der Waals surface area contributed by atoms with Crippen LogP contribution in [0.4, 0.5) is 5.69 Å². The van der Waals surface area contributed by atoms with E-state index in [1.165, 1.54) is 5.56 Å². The largest absolute Gasteiger partial charge is 0.494 e. The summed E-state index contributed by atoms with van der Waals surface area (Å²) in [6, 6.07) is 16.0. The van der Waals surface area contributed by atoms with Gasteiger partial charge in [0.2, 0.25) is 0 Å². The molecule has 0 fully saturated rings. The molecule has 0 atom stereocenters. The van der Waals surface area contributed by atoms with E-state index in [0.717, 1.165) is 36.4 Å². The van der Waals surface area contributed by atoms with Gasteiger partial charge in [0, 0.05) is 11.8 Å². The molecule has 0 saturated carbocycles. The van der Waals surface area contributed by atoms with Gasteiger partial charge in [0.1, 0.15) is 11.5 Å². The number of hydrogen-bond donors (Lipinski definition) is 1. The number of rotatable bonds is 9. The van der Waals surface area contributed by atoms with Gasteiger partial charge in [-0.15, -0.1) is 0 Å². The Morgan fingerprint density at radius 3 is 2.08 bits per heavy atom. The van der Waals surface area contributed by atoms with Crippen LogP contribution in [0.2, 0.25) is 0 Å². The van der Waals surface area contributed by atoms with Gasteiger partial charge in [-0.05, 0) is 54.5 Å². The monoisotopic (exact) mass is 327 g/mol. The zero-order chi connectivity index (χ0) is 17.4. The zero-order valence-corrected chi connectivity index (χ0v) is 15.0. The van der Waals surface area contributed by atoms with Crippen LogP contribution in [-0.2, 0) is 5.41 Å². The third-order valence-corrected chi connectivity index (χ3v) is 4.45. The molecule has 2 N–H and O–H groups in total. The van der Waals surface area contributed by atoms with E-state index in [2.05, 4.69) is 45.0 Å². The van der Waals surface area contributed by atoms with E-state index in [4.69, 9.17) is 15.2 Å². The molecule has 0 bridgehead atoms. The highest BCUT2D eigenvalue weighted by Crippen LogP contribution is 2.28. The normalized spacial score (nSPS) is 11.3. The van der Waals surface area contributed by atoms with Gasteiger partial charge in [-0.1, -0.05) is 39.0 Å². The van der Waals surface area contributed by atoms with Gasteiger partial charge in [0.15, 0.2) is 0 Å². The average molecular weight is 327 g/mol. The van der Waals surface area contributed by atoms with Gasteiger partial charge in [0.25, 0.3) is 0 Å². The van der Waals surface area contributed by atoms with Gasteiger partial charge in [-0.25, -0.2) is 0 Å². The number of ether oxygens (including phenoxy) is 2. The van der Waals surface area contributed by atoms with Crippen molar-refractivity contribution in [1.29, 1.82) is 0 Å². The predicted octanol–water partition coefficient (Wildman–Crippen LogP) is 5.19. The van der Waals surface area contributed by atoms with Crippen molar-refractivity contribution in [3.63, 3.8) is 0 Å². The second-order valence-electron chi connectivity index (χ2n) is 6.74. The van der Waals surface area contributed by atoms with Gasteiger partial charge >= 0.3 is 0 Å². The Balaban J connectivity index is 1.65. The van der Waals surface area contributed by atoms with Crippen LogP contribution in [0.15, 0.2) is 48.5 Å². The Bertz CT molecular complexity index is 620. The molecule has 2 aromatic rings. The second-order valence-corrected chi connectivity index (χ2v) is 6.74. The van der Waals surface area contributed by atoms with Crippen LogP contribution in [0.1, 0.15) is 45.6 Å². The molecule has 0 aliphatic heterocycles. The quantitative estimate of drug-likeness (QED) is 0.509. The van der Waals surface area contributed by atoms with Crippen molar-refractivity contribution in [2.45, 2.75) is 45.4 Å². The molecule has 0 unspecified atom stereocenters. The molecule has 0 saturated heterocycles. The molecule has 0 radical (unpaired) electrons. The van der Waals surface area contributed by atoms with E-state index in [1.54, 1.807) is 0 Å². The maximum absolute atomic E-state index is 5.80. The molecule has 0 aliphatic carbocycles. The number of unbranched alkanes of at least 4 members (excludes halogenated alkanes) is 1. The lowest BCUT2D eigenvalue weighted by Crippen LogP contribution is -2.15. The van der Waals surface area contributed by atoms with E-state index in [9.17, 15) is 0 Å². The minimum atomic E-state index is 0.219. The predicted molar refractivity (Wildman–Crippen MR) is 101 cm³/mol. The van der Waals surface area contributed by atoms with Crippen LogP contribution in [0.25, 0.3) is 0 Å². The van der Waals surface area contributed by atoms with Crippen molar-refractivity contribution in [3.8, 4) is 11.5 Å². The van der Waals surface area contributed by atoms with E-state index < -0.39 is 0 Å². The first kappa shape index (κ1) is 18.2. The van der Waals surface area contributed by atoms with Crippen molar-refractivity contribution in [2.75, 3.05) is 18.9 Å². The van der Waals surface area contributed by atoms with Crippen molar-refractivity contribution in [3.05, 3.63) is 54.1 Å². The van der Waals surface area contributed by atoms with Crippen molar-refractivity contribution < 1.29 is 9.47 Å². The highest BCUT2D eigenvalue weighted by molar-refractivity contribution is 5.43. The SMILES string of the molecule is CCC(C)(C)c1ccc(OCCCCOc2cccc(N)c2)cc1. The first-order chi connectivity index (χ1) is 11.5. The van der Waals surface area contributed by atoms with Gasteiger partial charge < -0.3 is 15.2 Å². The minimum absolute atomic E-state index is 0.219. The average Bonchev–Trinajstić information content (AvgIpc) is 2.58. The Morgan fingerprint density at radius 1 is 0.875 bits per heavy atom. The second kappa shape index (κ2) is 8.62. The zero-order valence-electron chi connectivity index (χ0n) is 15.0. The topological polar surface area (TPSA) is 44.5 Å². The molecule has 2 aromatic carbocycles. The van der Waals surface area contributed by atoms with E-state index in [-0.39, 0.29) is 5.41 Å². The van der Waals surface area contributed by atoms with Crippen molar-refractivity contribution >= 4 is 5.69 Å². The van der Waals surface area contributed by atoms with Crippen molar-refractivity contribution in [2.24, 2.45) is 0 Å². The number of nitrogen functional groups attached to an aromatic ring is 1. The lowest BCUT2D eigenvalue weighted by atomic mass is 9.82. The summed E-state index contributed by atoms with van der Waals surface area (Å²) in [5.74, 6) is 1.76. The maximum Gasteiger partial charge on any atom is 0.121 e. The van der Waals surface area contributed by atoms with Crippen LogP contribution >= 0.6 is 0 Å². The number of nitrogens with two attached hydrogens (primary N) is 1. The summed E-state index contributed by atoms with van der Waals surface area (Å²) in [5.41, 5.74) is 8.02. The van der Waals surface area contributed by atoms with Crippen LogP contribution in [-0.4, -0.2) is 13.2 Å². The van der Waals surface area contributed by atoms with Crippen LogP contribution in [0.5, 0.6) is 11.5 Å². The standard InChI is InChI=1S/C21H29NO2/c1-4-21(2,3)17-10-12-19(13-11-17)23-14-5-6-15-24-20-9-7-8-18(22)16-20/h7-13,16H,4-6,14-15,22H2,1-3H3. The fourth-order valence-corrected chi connectivity index (χ4v) is 2.39. The summed E-state index contributed by atoms with van der Waals surface area (Å²) >= 11 is 0. The molecule has 0 heterocycles. The summed E-state index contributed by atoms with van der Waals surface area (Å²) in [6.07, 6.45) is 3.04. The van der Waals surface area contributed by atoms with Crippen LogP contribution < -0.4 is 15.2 Å². The van der Waals surface area contributed by atoms with E-state index in [1.807, 2.05) is 24.3 Å². The minimum Gasteiger partial charge on any atom is -0.494 e. The Hall–Kier alpha value is -2.16. The molecule has 0 spiro atoms. The summed E-state index contributed by atoms with van der Waals surface area (Å²) in [4.78, 5) is 0. The molecule has 3 heteroatoms. The summed E-state index contributed by atoms with van der Waals surface area (Å²) < 4.78 is 11.5. The molecule has 130 valence electrons. The molecule has 0 aromatic heterocycles. The fourth-order valence-electron chi connectivity index (χ4n) is 2.39. The van der Waals surface area contributed by atoms with Gasteiger partial charge in [-0.2, -0.15) is 0 Å². The molecule has 0 amide bonds. The Labute approximate surface area is 145 Å². The third-order valence-electron chi connectivity index (χ3n) is 4.45. The van der Waals surface area contributed by atoms with E-state index >= 15 is 0 Å². The first-order valence-electron chi connectivity index (χ1n) is 8.73. The van der Waals surface area contributed by atoms with Crippen LogP contribution in [0.3, 0.4) is 0 Å². The molecular weight excluding hydrogens is 298 g/mol. The summed E-state index contributed by atoms with van der Waals surface area (Å²) in [6.45, 7) is 8.13. The molecule has 3 nitrogen and oxygen atoms in total. The lowest BCUT2D eigenvalue weighted by molar-refractivity contribution is 0.266. The van der Waals surface area contributed by atoms with Crippen LogP contribution in [0, 0.1) is 0 Å². The van der Waals surface area contributed by atoms with Gasteiger partial charge in [-0.3, -0.25) is 0 Å². The number of anilines is 1. The smallest absolute Gasteiger partial charge is 0.121 e. The summed E-state index contributed by atoms with van der Waals surface area (Å²) in [7, 11) is 0. The highest BCUT2D eigenvalue weighted by Gasteiger charge is 2.17. The number of hydrogen-bond acceptors (Lipinski definition) is 3. The fraction of sp³-hybridized carbons (Fsp3) is 0.429. The Kier molecular flexibility index (Phi) is 6.53. The molecular formula is C21H29NO2. The molecule has 0 aliphatic rings. The number of benzene rings is 2. The molecule has 2 rings (SSSR count). The highest BCUT2D eigenvalue weighted by atomic mass is 16.5. The van der Waals surface area contributed by atoms with Gasteiger partial charge in [0.05, 0.1) is 13.2 Å². The lowest BCUT2D eigenvalue weighted by Gasteiger charge is -2.23. The third kappa shape index (κ3) is 5.48. The Morgan fingerprint density at radius 2 is 1.50 bits per heavy atom. The van der Waals surface area contributed by atoms with E-state index in [0.29, 0.717) is 13.2 Å².